The van der Waals surface area contributed by atoms with Crippen LogP contribution in [0, 0.1) is 11.8 Å². The SMILES string of the molecule is CC1(C)CCC(COc2cncc(C#CCCl)c2)O1. The Balaban J connectivity index is 1.89. The summed E-state index contributed by atoms with van der Waals surface area (Å²) in [4.78, 5) is 4.10. The van der Waals surface area contributed by atoms with Crippen molar-refractivity contribution in [2.75, 3.05) is 12.5 Å². The predicted octanol–water partition coefficient (Wildman–Crippen LogP) is 3.01. The number of aromatic nitrogens is 1. The highest BCUT2D eigenvalue weighted by Crippen LogP contribution is 2.29. The molecule has 0 radical (unpaired) electrons. The first-order valence-corrected chi connectivity index (χ1v) is 6.93. The van der Waals surface area contributed by atoms with E-state index in [1.807, 2.05) is 6.07 Å². The molecule has 0 aromatic carbocycles. The lowest BCUT2D eigenvalue weighted by molar-refractivity contribution is -0.0327. The molecule has 1 saturated heterocycles. The molecule has 102 valence electrons. The maximum atomic E-state index is 5.87. The van der Waals surface area contributed by atoms with E-state index in [4.69, 9.17) is 21.1 Å². The van der Waals surface area contributed by atoms with Gasteiger partial charge in [0.05, 0.1) is 23.8 Å². The summed E-state index contributed by atoms with van der Waals surface area (Å²) < 4.78 is 11.6. The van der Waals surface area contributed by atoms with Gasteiger partial charge >= 0.3 is 0 Å². The van der Waals surface area contributed by atoms with Gasteiger partial charge in [0.25, 0.3) is 0 Å². The molecule has 3 nitrogen and oxygen atoms in total. The van der Waals surface area contributed by atoms with Crippen molar-refractivity contribution >= 4 is 11.6 Å². The van der Waals surface area contributed by atoms with Crippen LogP contribution in [0.25, 0.3) is 0 Å². The molecule has 0 amide bonds. The second-order valence-corrected chi connectivity index (χ2v) is 5.46. The van der Waals surface area contributed by atoms with Gasteiger partial charge in [0, 0.05) is 11.8 Å². The molecule has 1 aromatic rings. The minimum absolute atomic E-state index is 0.0278. The van der Waals surface area contributed by atoms with E-state index in [1.165, 1.54) is 0 Å². The summed E-state index contributed by atoms with van der Waals surface area (Å²) in [7, 11) is 0. The first-order chi connectivity index (χ1) is 9.09. The van der Waals surface area contributed by atoms with Crippen molar-refractivity contribution in [2.24, 2.45) is 0 Å². The fraction of sp³-hybridized carbons (Fsp3) is 0.533. The fourth-order valence-electron chi connectivity index (χ4n) is 2.09. The van der Waals surface area contributed by atoms with Crippen LogP contribution in [-0.2, 0) is 4.74 Å². The van der Waals surface area contributed by atoms with Crippen LogP contribution in [0.15, 0.2) is 18.5 Å². The molecule has 19 heavy (non-hydrogen) atoms. The summed E-state index contributed by atoms with van der Waals surface area (Å²) in [6.07, 6.45) is 5.65. The van der Waals surface area contributed by atoms with Gasteiger partial charge in [-0.3, -0.25) is 4.98 Å². The van der Waals surface area contributed by atoms with Crippen LogP contribution in [-0.4, -0.2) is 29.2 Å². The molecular formula is C15H18ClNO2. The summed E-state index contributed by atoms with van der Waals surface area (Å²) in [5.74, 6) is 6.75. The zero-order valence-electron chi connectivity index (χ0n) is 11.3. The third-order valence-corrected chi connectivity index (χ3v) is 3.14. The molecule has 0 N–H and O–H groups in total. The van der Waals surface area contributed by atoms with E-state index in [9.17, 15) is 0 Å². The van der Waals surface area contributed by atoms with E-state index in [0.29, 0.717) is 12.5 Å². The van der Waals surface area contributed by atoms with Crippen LogP contribution in [0.2, 0.25) is 0 Å². The molecule has 1 aliphatic heterocycles. The minimum Gasteiger partial charge on any atom is -0.489 e. The molecule has 1 aromatic heterocycles. The van der Waals surface area contributed by atoms with Crippen LogP contribution in [0.5, 0.6) is 5.75 Å². The lowest BCUT2D eigenvalue weighted by Crippen LogP contribution is -2.23. The van der Waals surface area contributed by atoms with Crippen molar-refractivity contribution in [3.8, 4) is 17.6 Å². The van der Waals surface area contributed by atoms with Crippen molar-refractivity contribution in [3.63, 3.8) is 0 Å². The van der Waals surface area contributed by atoms with Gasteiger partial charge in [-0.1, -0.05) is 11.8 Å². The lowest BCUT2D eigenvalue weighted by atomic mass is 10.1. The molecule has 2 rings (SSSR count). The Kier molecular flexibility index (Phi) is 4.68. The number of nitrogens with zero attached hydrogens (tertiary/aromatic N) is 1. The normalized spacial score (nSPS) is 20.7. The average molecular weight is 280 g/mol. The zero-order valence-corrected chi connectivity index (χ0v) is 12.0. The molecule has 1 unspecified atom stereocenters. The first-order valence-electron chi connectivity index (χ1n) is 6.39. The van der Waals surface area contributed by atoms with Crippen molar-refractivity contribution < 1.29 is 9.47 Å². The third kappa shape index (κ3) is 4.41. The molecule has 1 fully saturated rings. The van der Waals surface area contributed by atoms with E-state index in [2.05, 4.69) is 30.7 Å². The zero-order chi connectivity index (χ0) is 13.7. The maximum Gasteiger partial charge on any atom is 0.138 e. The molecule has 2 heterocycles. The highest BCUT2D eigenvalue weighted by Gasteiger charge is 2.31. The topological polar surface area (TPSA) is 31.4 Å². The van der Waals surface area contributed by atoms with Crippen LogP contribution >= 0.6 is 11.6 Å². The second-order valence-electron chi connectivity index (χ2n) is 5.19. The summed E-state index contributed by atoms with van der Waals surface area (Å²) >= 11 is 5.52. The molecule has 1 aliphatic rings. The van der Waals surface area contributed by atoms with E-state index in [0.717, 1.165) is 24.2 Å². The van der Waals surface area contributed by atoms with E-state index in [-0.39, 0.29) is 11.7 Å². The minimum atomic E-state index is -0.0278. The standard InChI is InChI=1S/C15H18ClNO2/c1-15(2)6-5-13(19-15)11-18-14-8-12(4-3-7-16)9-17-10-14/h8-10,13H,5-7,11H2,1-2H3. The molecule has 0 aliphatic carbocycles. The van der Waals surface area contributed by atoms with Gasteiger partial charge in [0.1, 0.15) is 12.4 Å². The second kappa shape index (κ2) is 6.27. The Hall–Kier alpha value is -1.24. The summed E-state index contributed by atoms with van der Waals surface area (Å²) in [5.41, 5.74) is 0.783. The Bertz CT molecular complexity index is 490. The first kappa shape index (κ1) is 14.2. The summed E-state index contributed by atoms with van der Waals surface area (Å²) in [6, 6.07) is 1.87. The highest BCUT2D eigenvalue weighted by atomic mass is 35.5. The van der Waals surface area contributed by atoms with Gasteiger partial charge in [0.15, 0.2) is 0 Å². The highest BCUT2D eigenvalue weighted by molar-refractivity contribution is 6.19. The van der Waals surface area contributed by atoms with Gasteiger partial charge in [-0.2, -0.15) is 0 Å². The van der Waals surface area contributed by atoms with Gasteiger partial charge in [0.2, 0.25) is 0 Å². The third-order valence-electron chi connectivity index (χ3n) is 3.00. The number of alkyl halides is 1. The summed E-state index contributed by atoms with van der Waals surface area (Å²) in [6.45, 7) is 4.77. The number of hydrogen-bond donors (Lipinski definition) is 0. The molecular weight excluding hydrogens is 262 g/mol. The van der Waals surface area contributed by atoms with E-state index >= 15 is 0 Å². The van der Waals surface area contributed by atoms with Gasteiger partial charge in [-0.25, -0.2) is 0 Å². The average Bonchev–Trinajstić information content (AvgIpc) is 2.74. The lowest BCUT2D eigenvalue weighted by Gasteiger charge is -2.19. The molecule has 4 heteroatoms. The molecule has 0 saturated carbocycles. The quantitative estimate of drug-likeness (QED) is 0.630. The van der Waals surface area contributed by atoms with E-state index in [1.54, 1.807) is 12.4 Å². The van der Waals surface area contributed by atoms with Crippen LogP contribution in [0.4, 0.5) is 0 Å². The van der Waals surface area contributed by atoms with E-state index < -0.39 is 0 Å². The Morgan fingerprint density at radius 3 is 3.05 bits per heavy atom. The van der Waals surface area contributed by atoms with Crippen LogP contribution in [0.3, 0.4) is 0 Å². The largest absolute Gasteiger partial charge is 0.489 e. The Labute approximate surface area is 119 Å². The van der Waals surface area contributed by atoms with Crippen molar-refractivity contribution in [2.45, 2.75) is 38.4 Å². The van der Waals surface area contributed by atoms with Crippen molar-refractivity contribution in [1.82, 2.24) is 4.98 Å². The number of hydrogen-bond acceptors (Lipinski definition) is 3. The maximum absolute atomic E-state index is 5.87. The van der Waals surface area contributed by atoms with Gasteiger partial charge < -0.3 is 9.47 Å². The Morgan fingerprint density at radius 1 is 1.53 bits per heavy atom. The monoisotopic (exact) mass is 279 g/mol. The van der Waals surface area contributed by atoms with Crippen molar-refractivity contribution in [3.05, 3.63) is 24.0 Å². The van der Waals surface area contributed by atoms with Crippen LogP contribution < -0.4 is 4.74 Å². The molecule has 1 atom stereocenters. The smallest absolute Gasteiger partial charge is 0.138 e. The predicted molar refractivity (Wildman–Crippen MR) is 75.5 cm³/mol. The number of rotatable bonds is 3. The van der Waals surface area contributed by atoms with Crippen molar-refractivity contribution in [1.29, 1.82) is 0 Å². The number of ether oxygens (including phenoxy) is 2. The van der Waals surface area contributed by atoms with Gasteiger partial charge in [-0.05, 0) is 32.8 Å². The number of pyridine rings is 1. The number of halogens is 1. The van der Waals surface area contributed by atoms with Crippen LogP contribution in [0.1, 0.15) is 32.3 Å². The fourth-order valence-corrected chi connectivity index (χ4v) is 2.15. The molecule has 0 bridgehead atoms. The Morgan fingerprint density at radius 2 is 2.37 bits per heavy atom. The van der Waals surface area contributed by atoms with Gasteiger partial charge in [-0.15, -0.1) is 11.6 Å². The summed E-state index contributed by atoms with van der Waals surface area (Å²) in [5, 5.41) is 0. The molecule has 0 spiro atoms.